The lowest BCUT2D eigenvalue weighted by Crippen LogP contribution is -1.88. The third-order valence-corrected chi connectivity index (χ3v) is 2.79. The minimum Gasteiger partial charge on any atom is -0.504 e. The summed E-state index contributed by atoms with van der Waals surface area (Å²) in [5.74, 6) is -0.0642. The van der Waals surface area contributed by atoms with Gasteiger partial charge in [0, 0.05) is 0 Å². The van der Waals surface area contributed by atoms with Crippen LogP contribution in [-0.2, 0) is 0 Å². The van der Waals surface area contributed by atoms with E-state index in [1.165, 1.54) is 26.4 Å². The van der Waals surface area contributed by atoms with Crippen molar-refractivity contribution in [2.24, 2.45) is 0 Å². The highest BCUT2D eigenvalue weighted by atomic mass is 16.5. The monoisotopic (exact) mass is 262 g/mol. The van der Waals surface area contributed by atoms with Gasteiger partial charge in [0.05, 0.1) is 14.2 Å². The molecule has 0 radical (unpaired) electrons. The summed E-state index contributed by atoms with van der Waals surface area (Å²) in [4.78, 5) is 0. The highest BCUT2D eigenvalue weighted by Gasteiger charge is 2.12. The summed E-state index contributed by atoms with van der Waals surface area (Å²) in [7, 11) is 2.85. The molecule has 0 unspecified atom stereocenters. The number of benzene rings is 2. The molecule has 19 heavy (non-hydrogen) atoms. The fraction of sp³-hybridized carbons (Fsp3) is 0.143. The number of phenols is 3. The van der Waals surface area contributed by atoms with Gasteiger partial charge >= 0.3 is 0 Å². The molecule has 0 saturated heterocycles. The first-order valence-corrected chi connectivity index (χ1v) is 5.54. The molecule has 5 nitrogen and oxygen atoms in total. The van der Waals surface area contributed by atoms with Gasteiger partial charge in [0.15, 0.2) is 23.0 Å². The van der Waals surface area contributed by atoms with E-state index in [4.69, 9.17) is 9.47 Å². The third kappa shape index (κ3) is 2.35. The highest BCUT2D eigenvalue weighted by Crippen LogP contribution is 2.41. The summed E-state index contributed by atoms with van der Waals surface area (Å²) >= 11 is 0. The standard InChI is InChI=1S/C14H14O5/c1-18-12-6-8(3-4-10(12)15)9-5-11(16)14(17)13(7-9)19-2/h3-7,15-17H,1-2H3. The molecule has 2 rings (SSSR count). The van der Waals surface area contributed by atoms with E-state index in [1.54, 1.807) is 18.2 Å². The predicted octanol–water partition coefficient (Wildman–Crippen LogP) is 2.49. The van der Waals surface area contributed by atoms with Crippen LogP contribution in [0.25, 0.3) is 11.1 Å². The molecule has 3 N–H and O–H groups in total. The smallest absolute Gasteiger partial charge is 0.200 e. The van der Waals surface area contributed by atoms with Crippen LogP contribution in [0.4, 0.5) is 0 Å². The lowest BCUT2D eigenvalue weighted by Gasteiger charge is -2.10. The third-order valence-electron chi connectivity index (χ3n) is 2.79. The molecular weight excluding hydrogens is 248 g/mol. The average Bonchev–Trinajstić information content (AvgIpc) is 2.42. The molecule has 0 aliphatic rings. The molecule has 0 aliphatic heterocycles. The van der Waals surface area contributed by atoms with Crippen LogP contribution in [0, 0.1) is 0 Å². The molecule has 0 atom stereocenters. The normalized spacial score (nSPS) is 10.2. The fourth-order valence-corrected chi connectivity index (χ4v) is 1.77. The van der Waals surface area contributed by atoms with E-state index in [9.17, 15) is 15.3 Å². The predicted molar refractivity (Wildman–Crippen MR) is 70.0 cm³/mol. The van der Waals surface area contributed by atoms with Crippen molar-refractivity contribution in [3.05, 3.63) is 30.3 Å². The SMILES string of the molecule is COc1cc(-c2cc(O)c(O)c(OC)c2)ccc1O. The molecule has 100 valence electrons. The highest BCUT2D eigenvalue weighted by molar-refractivity contribution is 5.72. The molecule has 2 aromatic carbocycles. The van der Waals surface area contributed by atoms with Gasteiger partial charge < -0.3 is 24.8 Å². The van der Waals surface area contributed by atoms with Crippen LogP contribution in [0.1, 0.15) is 0 Å². The van der Waals surface area contributed by atoms with Crippen molar-refractivity contribution in [3.63, 3.8) is 0 Å². The van der Waals surface area contributed by atoms with Crippen molar-refractivity contribution in [1.82, 2.24) is 0 Å². The Balaban J connectivity index is 2.55. The molecule has 0 heterocycles. The van der Waals surface area contributed by atoms with Gasteiger partial charge in [-0.1, -0.05) is 6.07 Å². The van der Waals surface area contributed by atoms with E-state index >= 15 is 0 Å². The molecule has 2 aromatic rings. The first-order chi connectivity index (χ1) is 9.06. The van der Waals surface area contributed by atoms with Crippen LogP contribution < -0.4 is 9.47 Å². The molecule has 0 aromatic heterocycles. The number of hydrogen-bond donors (Lipinski definition) is 3. The number of methoxy groups -OCH3 is 2. The quantitative estimate of drug-likeness (QED) is 0.740. The van der Waals surface area contributed by atoms with Gasteiger partial charge in [-0.3, -0.25) is 0 Å². The van der Waals surface area contributed by atoms with E-state index in [-0.39, 0.29) is 23.0 Å². The molecule has 0 amide bonds. The molecule has 5 heteroatoms. The second-order valence-corrected chi connectivity index (χ2v) is 3.93. The van der Waals surface area contributed by atoms with Crippen molar-refractivity contribution in [3.8, 4) is 39.9 Å². The Kier molecular flexibility index (Phi) is 3.37. The van der Waals surface area contributed by atoms with E-state index in [0.717, 1.165) is 0 Å². The van der Waals surface area contributed by atoms with Crippen LogP contribution in [-0.4, -0.2) is 29.5 Å². The molecule has 0 saturated carbocycles. The maximum absolute atomic E-state index is 9.64. The van der Waals surface area contributed by atoms with Gasteiger partial charge in [-0.15, -0.1) is 0 Å². The zero-order valence-electron chi connectivity index (χ0n) is 10.5. The fourth-order valence-electron chi connectivity index (χ4n) is 1.77. The summed E-state index contributed by atoms with van der Waals surface area (Å²) in [6.45, 7) is 0. The molecule has 0 fully saturated rings. The Labute approximate surface area is 110 Å². The number of rotatable bonds is 3. The molecule has 0 bridgehead atoms. The molecular formula is C14H14O5. The van der Waals surface area contributed by atoms with Crippen LogP contribution >= 0.6 is 0 Å². The van der Waals surface area contributed by atoms with Crippen LogP contribution in [0.3, 0.4) is 0 Å². The maximum atomic E-state index is 9.64. The summed E-state index contributed by atoms with van der Waals surface area (Å²) in [5.41, 5.74) is 1.34. The Hall–Kier alpha value is -2.56. The zero-order valence-corrected chi connectivity index (χ0v) is 10.5. The van der Waals surface area contributed by atoms with Crippen molar-refractivity contribution in [2.75, 3.05) is 14.2 Å². The van der Waals surface area contributed by atoms with E-state index in [1.807, 2.05) is 0 Å². The minimum absolute atomic E-state index is 0.0289. The van der Waals surface area contributed by atoms with Gasteiger partial charge in [-0.2, -0.15) is 0 Å². The van der Waals surface area contributed by atoms with Crippen LogP contribution in [0.5, 0.6) is 28.7 Å². The Morgan fingerprint density at radius 1 is 0.737 bits per heavy atom. The number of hydrogen-bond acceptors (Lipinski definition) is 5. The molecule has 0 aliphatic carbocycles. The second-order valence-electron chi connectivity index (χ2n) is 3.93. The van der Waals surface area contributed by atoms with Crippen molar-refractivity contribution < 1.29 is 24.8 Å². The number of aromatic hydroxyl groups is 3. The zero-order chi connectivity index (χ0) is 14.0. The average molecular weight is 262 g/mol. The van der Waals surface area contributed by atoms with E-state index < -0.39 is 0 Å². The van der Waals surface area contributed by atoms with Crippen LogP contribution in [0.15, 0.2) is 30.3 Å². The number of phenolic OH excluding ortho intramolecular Hbond substituents is 3. The number of ether oxygens (including phenoxy) is 2. The largest absolute Gasteiger partial charge is 0.504 e. The van der Waals surface area contributed by atoms with Crippen molar-refractivity contribution in [1.29, 1.82) is 0 Å². The summed E-state index contributed by atoms with van der Waals surface area (Å²) in [6.07, 6.45) is 0. The lowest BCUT2D eigenvalue weighted by atomic mass is 10.0. The minimum atomic E-state index is -0.308. The Morgan fingerprint density at radius 3 is 2.00 bits per heavy atom. The van der Waals surface area contributed by atoms with Gasteiger partial charge in [0.25, 0.3) is 0 Å². The Morgan fingerprint density at radius 2 is 1.37 bits per heavy atom. The van der Waals surface area contributed by atoms with Gasteiger partial charge in [-0.05, 0) is 35.4 Å². The van der Waals surface area contributed by atoms with Crippen molar-refractivity contribution >= 4 is 0 Å². The van der Waals surface area contributed by atoms with Gasteiger partial charge in [0.2, 0.25) is 5.75 Å². The van der Waals surface area contributed by atoms with Crippen LogP contribution in [0.2, 0.25) is 0 Å². The first kappa shape index (κ1) is 12.9. The maximum Gasteiger partial charge on any atom is 0.200 e. The van der Waals surface area contributed by atoms with E-state index in [0.29, 0.717) is 16.9 Å². The topological polar surface area (TPSA) is 79.2 Å². The van der Waals surface area contributed by atoms with Crippen molar-refractivity contribution in [2.45, 2.75) is 0 Å². The first-order valence-electron chi connectivity index (χ1n) is 5.54. The summed E-state index contributed by atoms with van der Waals surface area (Å²) in [6, 6.07) is 7.78. The Bertz CT molecular complexity index is 607. The lowest BCUT2D eigenvalue weighted by molar-refractivity contribution is 0.351. The second kappa shape index (κ2) is 4.97. The summed E-state index contributed by atoms with van der Waals surface area (Å²) < 4.78 is 10.0. The molecule has 0 spiro atoms. The summed E-state index contributed by atoms with van der Waals surface area (Å²) in [5, 5.41) is 28.8. The van der Waals surface area contributed by atoms with E-state index in [2.05, 4.69) is 0 Å². The van der Waals surface area contributed by atoms with Gasteiger partial charge in [-0.25, -0.2) is 0 Å². The van der Waals surface area contributed by atoms with Gasteiger partial charge in [0.1, 0.15) is 0 Å².